The first-order valence-electron chi connectivity index (χ1n) is 7.84. The molecule has 0 aliphatic carbocycles. The highest BCUT2D eigenvalue weighted by atomic mass is 19.1. The van der Waals surface area contributed by atoms with E-state index in [0.717, 1.165) is 12.1 Å². The van der Waals surface area contributed by atoms with E-state index in [1.54, 1.807) is 13.8 Å². The first-order valence-corrected chi connectivity index (χ1v) is 7.84. The molecule has 1 heterocycles. The summed E-state index contributed by atoms with van der Waals surface area (Å²) in [6.07, 6.45) is 0. The summed E-state index contributed by atoms with van der Waals surface area (Å²) in [5, 5.41) is 9.43. The first-order chi connectivity index (χ1) is 11.5. The summed E-state index contributed by atoms with van der Waals surface area (Å²) in [5.41, 5.74) is -0.105. The summed E-state index contributed by atoms with van der Waals surface area (Å²) in [7, 11) is 0. The van der Waals surface area contributed by atoms with Gasteiger partial charge in [0.25, 0.3) is 5.91 Å². The molecule has 0 fully saturated rings. The Labute approximate surface area is 145 Å². The molecule has 0 radical (unpaired) electrons. The summed E-state index contributed by atoms with van der Waals surface area (Å²) < 4.78 is 15.3. The van der Waals surface area contributed by atoms with Gasteiger partial charge in [-0.15, -0.1) is 0 Å². The highest BCUT2D eigenvalue weighted by Gasteiger charge is 2.17. The van der Waals surface area contributed by atoms with Crippen molar-refractivity contribution in [3.05, 3.63) is 41.2 Å². The number of halogens is 1. The predicted octanol–water partition coefficient (Wildman–Crippen LogP) is 2.20. The number of rotatable bonds is 4. The van der Waals surface area contributed by atoms with Crippen LogP contribution >= 0.6 is 0 Å². The number of aromatic nitrogens is 3. The van der Waals surface area contributed by atoms with Gasteiger partial charge in [0.05, 0.1) is 0 Å². The van der Waals surface area contributed by atoms with Crippen molar-refractivity contribution >= 4 is 17.5 Å². The van der Waals surface area contributed by atoms with Gasteiger partial charge in [-0.25, -0.2) is 14.1 Å². The Balaban J connectivity index is 2.13. The number of nitrogens with zero attached hydrogens (tertiary/aromatic N) is 3. The van der Waals surface area contributed by atoms with Gasteiger partial charge in [-0.1, -0.05) is 0 Å². The topological polar surface area (TPSA) is 88.9 Å². The van der Waals surface area contributed by atoms with Crippen LogP contribution in [0.15, 0.2) is 18.2 Å². The van der Waals surface area contributed by atoms with Crippen molar-refractivity contribution in [2.45, 2.75) is 46.7 Å². The van der Waals surface area contributed by atoms with Crippen LogP contribution in [0.5, 0.6) is 0 Å². The number of carbonyl (C=O) groups is 2. The van der Waals surface area contributed by atoms with Crippen molar-refractivity contribution in [2.75, 3.05) is 5.32 Å². The molecule has 0 aliphatic heterocycles. The maximum absolute atomic E-state index is 13.8. The van der Waals surface area contributed by atoms with E-state index in [0.29, 0.717) is 11.6 Å². The molecule has 0 unspecified atom stereocenters. The molecule has 0 bridgehead atoms. The number of hydrogen-bond acceptors (Lipinski definition) is 4. The van der Waals surface area contributed by atoms with E-state index in [-0.39, 0.29) is 23.7 Å². The quantitative estimate of drug-likeness (QED) is 0.887. The first kappa shape index (κ1) is 18.6. The van der Waals surface area contributed by atoms with Gasteiger partial charge in [-0.3, -0.25) is 9.59 Å². The third-order valence-corrected chi connectivity index (χ3v) is 3.19. The molecular formula is C17H22FN5O2. The van der Waals surface area contributed by atoms with E-state index in [2.05, 4.69) is 20.7 Å². The zero-order valence-corrected chi connectivity index (χ0v) is 15.0. The standard InChI is InChI=1S/C17H22FN5O2/c1-10-19-11(2)23(22-10)9-15(24)20-14-7-12(6-13(18)8-14)16(25)21-17(3,4)5/h6-8H,9H2,1-5H3,(H,20,24)(H,21,25). The molecule has 2 amide bonds. The van der Waals surface area contributed by atoms with E-state index in [1.165, 1.54) is 10.7 Å². The smallest absolute Gasteiger partial charge is 0.251 e. The molecule has 0 saturated heterocycles. The molecule has 2 aromatic rings. The van der Waals surface area contributed by atoms with Crippen molar-refractivity contribution in [2.24, 2.45) is 0 Å². The fraction of sp³-hybridized carbons (Fsp3) is 0.412. The molecule has 0 aliphatic rings. The normalized spacial score (nSPS) is 11.3. The SMILES string of the molecule is Cc1nc(C)n(CC(=O)Nc2cc(F)cc(C(=O)NC(C)(C)C)c2)n1. The maximum atomic E-state index is 13.8. The van der Waals surface area contributed by atoms with Gasteiger partial charge >= 0.3 is 0 Å². The summed E-state index contributed by atoms with van der Waals surface area (Å²) in [6, 6.07) is 3.72. The summed E-state index contributed by atoms with van der Waals surface area (Å²) in [6.45, 7) is 8.91. The number of amides is 2. The van der Waals surface area contributed by atoms with Crippen molar-refractivity contribution < 1.29 is 14.0 Å². The fourth-order valence-corrected chi connectivity index (χ4v) is 2.25. The minimum Gasteiger partial charge on any atom is -0.347 e. The lowest BCUT2D eigenvalue weighted by molar-refractivity contribution is -0.116. The number of nitrogens with one attached hydrogen (secondary N) is 2. The molecule has 134 valence electrons. The van der Waals surface area contributed by atoms with Crippen LogP contribution in [-0.2, 0) is 11.3 Å². The second kappa shape index (κ2) is 7.00. The molecule has 1 aromatic heterocycles. The predicted molar refractivity (Wildman–Crippen MR) is 91.7 cm³/mol. The van der Waals surface area contributed by atoms with E-state index in [4.69, 9.17) is 0 Å². The number of anilines is 1. The van der Waals surface area contributed by atoms with Crippen LogP contribution in [-0.4, -0.2) is 32.1 Å². The largest absolute Gasteiger partial charge is 0.347 e. The fourth-order valence-electron chi connectivity index (χ4n) is 2.25. The lowest BCUT2D eigenvalue weighted by atomic mass is 10.1. The van der Waals surface area contributed by atoms with E-state index < -0.39 is 17.3 Å². The molecular weight excluding hydrogens is 325 g/mol. The number of benzene rings is 1. The second-order valence-electron chi connectivity index (χ2n) is 6.84. The molecule has 1 aromatic carbocycles. The van der Waals surface area contributed by atoms with Crippen LogP contribution in [0.4, 0.5) is 10.1 Å². The van der Waals surface area contributed by atoms with Crippen LogP contribution in [0.2, 0.25) is 0 Å². The summed E-state index contributed by atoms with van der Waals surface area (Å²) in [4.78, 5) is 28.4. The number of carbonyl (C=O) groups excluding carboxylic acids is 2. The average molecular weight is 347 g/mol. The molecule has 0 atom stereocenters. The zero-order chi connectivity index (χ0) is 18.8. The highest BCUT2D eigenvalue weighted by Crippen LogP contribution is 2.15. The summed E-state index contributed by atoms with van der Waals surface area (Å²) >= 11 is 0. The molecule has 2 N–H and O–H groups in total. The third-order valence-electron chi connectivity index (χ3n) is 3.19. The van der Waals surface area contributed by atoms with Crippen LogP contribution in [0, 0.1) is 19.7 Å². The molecule has 0 spiro atoms. The van der Waals surface area contributed by atoms with Gasteiger partial charge in [0, 0.05) is 16.8 Å². The van der Waals surface area contributed by atoms with Crippen molar-refractivity contribution in [3.63, 3.8) is 0 Å². The molecule has 0 saturated carbocycles. The Kier molecular flexibility index (Phi) is 5.20. The van der Waals surface area contributed by atoms with E-state index >= 15 is 0 Å². The van der Waals surface area contributed by atoms with E-state index in [1.807, 2.05) is 20.8 Å². The monoisotopic (exact) mass is 347 g/mol. The van der Waals surface area contributed by atoms with Crippen LogP contribution in [0.1, 0.15) is 42.8 Å². The van der Waals surface area contributed by atoms with Gasteiger partial charge in [-0.05, 0) is 52.8 Å². The zero-order valence-electron chi connectivity index (χ0n) is 15.0. The van der Waals surface area contributed by atoms with Crippen LogP contribution in [0.3, 0.4) is 0 Å². The Morgan fingerprint density at radius 1 is 1.20 bits per heavy atom. The van der Waals surface area contributed by atoms with Gasteiger partial charge in [0.2, 0.25) is 5.91 Å². The number of hydrogen-bond donors (Lipinski definition) is 2. The van der Waals surface area contributed by atoms with Gasteiger partial charge in [0.15, 0.2) is 0 Å². The maximum Gasteiger partial charge on any atom is 0.251 e. The Morgan fingerprint density at radius 2 is 1.88 bits per heavy atom. The van der Waals surface area contributed by atoms with Gasteiger partial charge in [0.1, 0.15) is 24.0 Å². The molecule has 7 nitrogen and oxygen atoms in total. The number of aryl methyl sites for hydroxylation is 2. The Morgan fingerprint density at radius 3 is 2.44 bits per heavy atom. The molecule has 8 heteroatoms. The highest BCUT2D eigenvalue weighted by molar-refractivity contribution is 5.97. The van der Waals surface area contributed by atoms with Gasteiger partial charge < -0.3 is 10.6 Å². The second-order valence-corrected chi connectivity index (χ2v) is 6.84. The van der Waals surface area contributed by atoms with Crippen molar-refractivity contribution in [1.82, 2.24) is 20.1 Å². The minimum absolute atomic E-state index is 0.0489. The van der Waals surface area contributed by atoms with Crippen molar-refractivity contribution in [1.29, 1.82) is 0 Å². The lowest BCUT2D eigenvalue weighted by Gasteiger charge is -2.20. The Hall–Kier alpha value is -2.77. The van der Waals surface area contributed by atoms with Gasteiger partial charge in [-0.2, -0.15) is 5.10 Å². The third kappa shape index (κ3) is 5.37. The minimum atomic E-state index is -0.607. The Bertz CT molecular complexity index is 808. The lowest BCUT2D eigenvalue weighted by Crippen LogP contribution is -2.40. The van der Waals surface area contributed by atoms with Crippen LogP contribution < -0.4 is 10.6 Å². The molecule has 25 heavy (non-hydrogen) atoms. The van der Waals surface area contributed by atoms with Crippen molar-refractivity contribution in [3.8, 4) is 0 Å². The summed E-state index contributed by atoms with van der Waals surface area (Å²) in [5.74, 6) is -0.231. The van der Waals surface area contributed by atoms with E-state index in [9.17, 15) is 14.0 Å². The molecule has 2 rings (SSSR count). The average Bonchev–Trinajstić information content (AvgIpc) is 2.74. The van der Waals surface area contributed by atoms with Crippen LogP contribution in [0.25, 0.3) is 0 Å².